The quantitative estimate of drug-likeness (QED) is 0.783. The van der Waals surface area contributed by atoms with Crippen molar-refractivity contribution < 1.29 is 14.3 Å². The molecule has 0 spiro atoms. The number of rotatable bonds is 6. The van der Waals surface area contributed by atoms with E-state index in [1.54, 1.807) is 37.4 Å². The normalized spacial score (nSPS) is 15.0. The van der Waals surface area contributed by atoms with Gasteiger partial charge in [-0.2, -0.15) is 5.26 Å². The molecule has 29 heavy (non-hydrogen) atoms. The summed E-state index contributed by atoms with van der Waals surface area (Å²) in [5.41, 5.74) is 10.1. The number of carbonyl (C=O) groups excluding carboxylic acids is 1. The van der Waals surface area contributed by atoms with Gasteiger partial charge in [0.25, 0.3) is 0 Å². The van der Waals surface area contributed by atoms with Crippen molar-refractivity contribution in [2.45, 2.75) is 19.8 Å². The molecule has 3 rings (SSSR count). The molecule has 0 saturated carbocycles. The van der Waals surface area contributed by atoms with Crippen LogP contribution in [0.15, 0.2) is 42.2 Å². The lowest BCUT2D eigenvalue weighted by Crippen LogP contribution is -2.28. The predicted molar refractivity (Wildman–Crippen MR) is 111 cm³/mol. The van der Waals surface area contributed by atoms with Gasteiger partial charge < -0.3 is 20.5 Å². The minimum absolute atomic E-state index is 0.379. The van der Waals surface area contributed by atoms with E-state index in [9.17, 15) is 10.1 Å². The number of nitrogens with two attached hydrogens (primary N) is 1. The number of amides is 1. The first kappa shape index (κ1) is 20.0. The highest BCUT2D eigenvalue weighted by Gasteiger charge is 2.37. The first-order valence-corrected chi connectivity index (χ1v) is 9.10. The van der Waals surface area contributed by atoms with Gasteiger partial charge in [0, 0.05) is 28.6 Å². The van der Waals surface area contributed by atoms with Crippen LogP contribution in [0.25, 0.3) is 6.08 Å². The summed E-state index contributed by atoms with van der Waals surface area (Å²) < 4.78 is 11.3. The van der Waals surface area contributed by atoms with Gasteiger partial charge in [-0.3, -0.25) is 4.79 Å². The van der Waals surface area contributed by atoms with Gasteiger partial charge in [0.1, 0.15) is 5.75 Å². The average Bonchev–Trinajstić information content (AvgIpc) is 2.72. The molecule has 0 saturated heterocycles. The number of allylic oxidation sites excluding steroid dienone is 1. The zero-order chi connectivity index (χ0) is 21.1. The van der Waals surface area contributed by atoms with Gasteiger partial charge in [-0.05, 0) is 26.0 Å². The van der Waals surface area contributed by atoms with E-state index in [1.165, 1.54) is 7.11 Å². The third-order valence-corrected chi connectivity index (χ3v) is 4.84. The van der Waals surface area contributed by atoms with Crippen LogP contribution in [-0.4, -0.2) is 24.6 Å². The lowest BCUT2D eigenvalue weighted by atomic mass is 9.79. The molecule has 1 aliphatic rings. The number of benzene rings is 1. The number of hydrogen-bond donors (Lipinski definition) is 2. The number of nitrogens with zero attached hydrogens (tertiary/aromatic N) is 2. The Kier molecular flexibility index (Phi) is 5.55. The number of nitriles is 1. The summed E-state index contributed by atoms with van der Waals surface area (Å²) in [5, 5.41) is 12.5. The van der Waals surface area contributed by atoms with Crippen LogP contribution in [0.1, 0.15) is 42.0 Å². The molecule has 1 unspecified atom stereocenters. The van der Waals surface area contributed by atoms with Gasteiger partial charge in [-0.1, -0.05) is 18.7 Å². The number of pyridine rings is 1. The summed E-state index contributed by atoms with van der Waals surface area (Å²) in [4.78, 5) is 16.9. The number of primary amides is 1. The molecule has 2 aromatic rings. The smallest absolute Gasteiger partial charge is 0.247 e. The van der Waals surface area contributed by atoms with E-state index in [2.05, 4.69) is 22.9 Å². The van der Waals surface area contributed by atoms with Gasteiger partial charge in [-0.25, -0.2) is 4.98 Å². The molecule has 0 bridgehead atoms. The molecule has 1 aromatic heterocycles. The Bertz CT molecular complexity index is 1070. The molecule has 1 aliphatic heterocycles. The molecule has 0 fully saturated rings. The summed E-state index contributed by atoms with van der Waals surface area (Å²) >= 11 is 0. The van der Waals surface area contributed by atoms with Gasteiger partial charge in [0.2, 0.25) is 11.8 Å². The SMILES string of the molecule is C=Cc1cnc(OCC)c2c1NC(C)=C(C(N)=O)C2c1ccc(C#N)cc1OC. The highest BCUT2D eigenvalue weighted by atomic mass is 16.5. The summed E-state index contributed by atoms with van der Waals surface area (Å²) in [6.07, 6.45) is 3.35. The number of fused-ring (bicyclic) bond motifs is 1. The fourth-order valence-electron chi connectivity index (χ4n) is 3.61. The molecule has 7 heteroatoms. The van der Waals surface area contributed by atoms with Crippen LogP contribution in [0.4, 0.5) is 5.69 Å². The van der Waals surface area contributed by atoms with Crippen molar-refractivity contribution in [1.29, 1.82) is 5.26 Å². The van der Waals surface area contributed by atoms with E-state index >= 15 is 0 Å². The molecule has 0 aliphatic carbocycles. The van der Waals surface area contributed by atoms with Crippen molar-refractivity contribution in [2.75, 3.05) is 19.0 Å². The number of methoxy groups -OCH3 is 1. The number of hydrogen-bond acceptors (Lipinski definition) is 6. The molecule has 1 atom stereocenters. The number of ether oxygens (including phenoxy) is 2. The first-order chi connectivity index (χ1) is 14.0. The van der Waals surface area contributed by atoms with Crippen LogP contribution in [0.5, 0.6) is 11.6 Å². The standard InChI is InChI=1S/C22H22N4O3/c1-5-14-11-25-22(29-6-2)19-18(17(21(24)27)12(3)26-20(14)19)15-8-7-13(10-23)9-16(15)28-4/h5,7-9,11,18,26H,1,6H2,2-4H3,(H2,24,27). The minimum atomic E-state index is -0.583. The topological polar surface area (TPSA) is 110 Å². The molecular formula is C22H22N4O3. The molecule has 148 valence electrons. The lowest BCUT2D eigenvalue weighted by Gasteiger charge is -2.32. The summed E-state index contributed by atoms with van der Waals surface area (Å²) in [5.74, 6) is -0.285. The summed E-state index contributed by atoms with van der Waals surface area (Å²) in [6.45, 7) is 7.91. The Labute approximate surface area is 169 Å². The number of carbonyl (C=O) groups is 1. The van der Waals surface area contributed by atoms with E-state index in [4.69, 9.17) is 15.2 Å². The molecule has 2 heterocycles. The largest absolute Gasteiger partial charge is 0.496 e. The van der Waals surface area contributed by atoms with Crippen molar-refractivity contribution in [3.05, 3.63) is 64.5 Å². The maximum absolute atomic E-state index is 12.5. The monoisotopic (exact) mass is 390 g/mol. The number of nitrogens with one attached hydrogen (secondary N) is 1. The second kappa shape index (κ2) is 8.07. The Morgan fingerprint density at radius 1 is 1.48 bits per heavy atom. The Balaban J connectivity index is 2.40. The summed E-state index contributed by atoms with van der Waals surface area (Å²) in [6, 6.07) is 7.18. The van der Waals surface area contributed by atoms with Gasteiger partial charge in [0.15, 0.2) is 0 Å². The molecule has 3 N–H and O–H groups in total. The molecular weight excluding hydrogens is 368 g/mol. The van der Waals surface area contributed by atoms with Gasteiger partial charge in [0.05, 0.1) is 42.5 Å². The Morgan fingerprint density at radius 2 is 2.24 bits per heavy atom. The highest BCUT2D eigenvalue weighted by molar-refractivity contribution is 5.98. The van der Waals surface area contributed by atoms with Gasteiger partial charge in [-0.15, -0.1) is 0 Å². The minimum Gasteiger partial charge on any atom is -0.496 e. The van der Waals surface area contributed by atoms with Crippen molar-refractivity contribution in [3.63, 3.8) is 0 Å². The van der Waals surface area contributed by atoms with Crippen molar-refractivity contribution in [3.8, 4) is 17.7 Å². The lowest BCUT2D eigenvalue weighted by molar-refractivity contribution is -0.114. The highest BCUT2D eigenvalue weighted by Crippen LogP contribution is 2.49. The molecule has 0 radical (unpaired) electrons. The number of anilines is 1. The third-order valence-electron chi connectivity index (χ3n) is 4.84. The van der Waals surface area contributed by atoms with Crippen molar-refractivity contribution in [2.24, 2.45) is 5.73 Å². The second-order valence-electron chi connectivity index (χ2n) is 6.47. The first-order valence-electron chi connectivity index (χ1n) is 9.10. The van der Waals surface area contributed by atoms with Crippen LogP contribution >= 0.6 is 0 Å². The van der Waals surface area contributed by atoms with E-state index in [1.807, 2.05) is 6.92 Å². The van der Waals surface area contributed by atoms with E-state index in [0.29, 0.717) is 46.2 Å². The van der Waals surface area contributed by atoms with Crippen LogP contribution in [-0.2, 0) is 4.79 Å². The zero-order valence-electron chi connectivity index (χ0n) is 16.6. The van der Waals surface area contributed by atoms with Crippen LogP contribution in [0, 0.1) is 11.3 Å². The van der Waals surface area contributed by atoms with E-state index in [-0.39, 0.29) is 0 Å². The maximum atomic E-state index is 12.5. The van der Waals surface area contributed by atoms with Crippen LogP contribution < -0.4 is 20.5 Å². The van der Waals surface area contributed by atoms with Crippen LogP contribution in [0.2, 0.25) is 0 Å². The van der Waals surface area contributed by atoms with Crippen LogP contribution in [0.3, 0.4) is 0 Å². The molecule has 1 aromatic carbocycles. The Morgan fingerprint density at radius 3 is 2.83 bits per heavy atom. The maximum Gasteiger partial charge on any atom is 0.247 e. The predicted octanol–water partition coefficient (Wildman–Crippen LogP) is 3.32. The fourth-order valence-corrected chi connectivity index (χ4v) is 3.61. The van der Waals surface area contributed by atoms with Crippen molar-refractivity contribution in [1.82, 2.24) is 4.98 Å². The van der Waals surface area contributed by atoms with Crippen molar-refractivity contribution >= 4 is 17.7 Å². The van der Waals surface area contributed by atoms with E-state index in [0.717, 1.165) is 11.3 Å². The molecule has 7 nitrogen and oxygen atoms in total. The average molecular weight is 390 g/mol. The molecule has 1 amide bonds. The number of aromatic nitrogens is 1. The third kappa shape index (κ3) is 3.41. The zero-order valence-corrected chi connectivity index (χ0v) is 16.6. The van der Waals surface area contributed by atoms with E-state index < -0.39 is 11.8 Å². The fraction of sp³-hybridized carbons (Fsp3) is 0.227. The second-order valence-corrected chi connectivity index (χ2v) is 6.47. The summed E-state index contributed by atoms with van der Waals surface area (Å²) in [7, 11) is 1.52. The van der Waals surface area contributed by atoms with Gasteiger partial charge >= 0.3 is 0 Å². The Hall–Kier alpha value is -3.79.